The lowest BCUT2D eigenvalue weighted by molar-refractivity contribution is -0.136. The Kier molecular flexibility index (Phi) is 6.62. The van der Waals surface area contributed by atoms with E-state index >= 15 is 0 Å². The Morgan fingerprint density at radius 1 is 1.14 bits per heavy atom. The summed E-state index contributed by atoms with van der Waals surface area (Å²) in [4.78, 5) is 27.5. The van der Waals surface area contributed by atoms with Crippen LogP contribution in [0.2, 0.25) is 5.02 Å². The summed E-state index contributed by atoms with van der Waals surface area (Å²) in [5.74, 6) is 0.767. The zero-order valence-corrected chi connectivity index (χ0v) is 19.0. The number of nitrogens with one attached hydrogen (secondary N) is 1. The number of rotatable bonds is 5. The molecule has 1 aromatic carbocycles. The van der Waals surface area contributed by atoms with Crippen molar-refractivity contribution >= 4 is 23.4 Å². The molecule has 3 rings (SSSR count). The largest absolute Gasteiger partial charge is 0.350 e. The quantitative estimate of drug-likeness (QED) is 0.718. The van der Waals surface area contributed by atoms with Gasteiger partial charge in [-0.25, -0.2) is 0 Å². The molecule has 5 heteroatoms. The predicted octanol–water partition coefficient (Wildman–Crippen LogP) is 5.16. The molecule has 1 heterocycles. The van der Waals surface area contributed by atoms with Crippen molar-refractivity contribution in [1.82, 2.24) is 10.2 Å². The van der Waals surface area contributed by atoms with Crippen molar-refractivity contribution in [3.8, 4) is 0 Å². The highest BCUT2D eigenvalue weighted by Gasteiger charge is 2.39. The summed E-state index contributed by atoms with van der Waals surface area (Å²) in [5, 5.41) is 3.88. The molecule has 0 bridgehead atoms. The highest BCUT2D eigenvalue weighted by Crippen LogP contribution is 2.42. The number of carbonyl (C=O) groups is 2. The van der Waals surface area contributed by atoms with Gasteiger partial charge in [0.2, 0.25) is 11.8 Å². The van der Waals surface area contributed by atoms with Crippen molar-refractivity contribution in [3.05, 3.63) is 34.9 Å². The Morgan fingerprint density at radius 3 is 2.34 bits per heavy atom. The van der Waals surface area contributed by atoms with Crippen molar-refractivity contribution in [3.63, 3.8) is 0 Å². The minimum Gasteiger partial charge on any atom is -0.350 e. The normalized spacial score (nSPS) is 22.5. The summed E-state index contributed by atoms with van der Waals surface area (Å²) in [5.41, 5.74) is 0.753. The topological polar surface area (TPSA) is 49.4 Å². The van der Waals surface area contributed by atoms with E-state index < -0.39 is 5.54 Å². The van der Waals surface area contributed by atoms with Gasteiger partial charge in [0, 0.05) is 36.0 Å². The first kappa shape index (κ1) is 22.1. The number of hydrogen-bond acceptors (Lipinski definition) is 2. The van der Waals surface area contributed by atoms with E-state index in [0.29, 0.717) is 12.3 Å². The highest BCUT2D eigenvalue weighted by molar-refractivity contribution is 6.30. The Hall–Kier alpha value is -1.55. The molecule has 1 unspecified atom stereocenters. The van der Waals surface area contributed by atoms with Gasteiger partial charge in [-0.15, -0.1) is 0 Å². The van der Waals surface area contributed by atoms with E-state index in [4.69, 9.17) is 11.6 Å². The molecule has 1 aliphatic heterocycles. The van der Waals surface area contributed by atoms with Crippen LogP contribution in [-0.4, -0.2) is 35.3 Å². The molecule has 2 fully saturated rings. The Morgan fingerprint density at radius 2 is 1.76 bits per heavy atom. The second kappa shape index (κ2) is 8.67. The van der Waals surface area contributed by atoms with Gasteiger partial charge < -0.3 is 10.2 Å². The van der Waals surface area contributed by atoms with Crippen LogP contribution in [0.25, 0.3) is 0 Å². The Bertz CT molecular complexity index is 736. The number of piperidine rings is 1. The molecule has 0 radical (unpaired) electrons. The van der Waals surface area contributed by atoms with Crippen LogP contribution in [0.3, 0.4) is 0 Å². The predicted molar refractivity (Wildman–Crippen MR) is 118 cm³/mol. The fourth-order valence-corrected chi connectivity index (χ4v) is 5.17. The molecule has 0 spiro atoms. The molecular weight excluding hydrogens is 384 g/mol. The third-order valence-corrected chi connectivity index (χ3v) is 6.89. The summed E-state index contributed by atoms with van der Waals surface area (Å²) in [7, 11) is 0. The van der Waals surface area contributed by atoms with E-state index in [-0.39, 0.29) is 23.1 Å². The molecule has 1 aliphatic carbocycles. The molecule has 1 atom stereocenters. The lowest BCUT2D eigenvalue weighted by Crippen LogP contribution is -2.52. The number of benzene rings is 1. The monoisotopic (exact) mass is 418 g/mol. The lowest BCUT2D eigenvalue weighted by atomic mass is 9.70. The number of hydrogen-bond donors (Lipinski definition) is 1. The van der Waals surface area contributed by atoms with Crippen LogP contribution in [0.15, 0.2) is 24.3 Å². The van der Waals surface area contributed by atoms with E-state index in [0.717, 1.165) is 50.2 Å². The molecule has 2 aliphatic rings. The number of likely N-dealkylation sites (tertiary alicyclic amines) is 1. The fraction of sp³-hybridized carbons (Fsp3) is 0.667. The van der Waals surface area contributed by atoms with E-state index in [1.54, 1.807) is 0 Å². The molecule has 1 N–H and O–H groups in total. The standard InChI is InChI=1S/C24H35ClN2O2/c1-23(2)16-27(14-13-20(23)17-9-11-19(25)12-10-17)21(28)15-24(3,4)26-22(29)18-7-5-6-8-18/h9-12,18,20H,5-8,13-16H2,1-4H3,(H,26,29). The van der Waals surface area contributed by atoms with Crippen molar-refractivity contribution in [1.29, 1.82) is 0 Å². The van der Waals surface area contributed by atoms with Crippen LogP contribution >= 0.6 is 11.6 Å². The van der Waals surface area contributed by atoms with E-state index in [9.17, 15) is 9.59 Å². The number of halogens is 1. The molecule has 29 heavy (non-hydrogen) atoms. The average Bonchev–Trinajstić information content (AvgIpc) is 3.16. The van der Waals surface area contributed by atoms with Crippen LogP contribution in [0, 0.1) is 11.3 Å². The van der Waals surface area contributed by atoms with Crippen molar-refractivity contribution in [2.45, 2.75) is 77.7 Å². The average molecular weight is 419 g/mol. The maximum Gasteiger partial charge on any atom is 0.224 e. The smallest absolute Gasteiger partial charge is 0.224 e. The van der Waals surface area contributed by atoms with Crippen LogP contribution in [-0.2, 0) is 9.59 Å². The minimum absolute atomic E-state index is 0.0149. The first-order chi connectivity index (χ1) is 13.6. The van der Waals surface area contributed by atoms with Crippen LogP contribution in [0.5, 0.6) is 0 Å². The van der Waals surface area contributed by atoms with Gasteiger partial charge in [0.15, 0.2) is 0 Å². The maximum atomic E-state index is 13.0. The van der Waals surface area contributed by atoms with Gasteiger partial charge in [-0.2, -0.15) is 0 Å². The first-order valence-corrected chi connectivity index (χ1v) is 11.3. The van der Waals surface area contributed by atoms with E-state index in [1.807, 2.05) is 30.9 Å². The van der Waals surface area contributed by atoms with Crippen LogP contribution in [0.1, 0.15) is 77.7 Å². The first-order valence-electron chi connectivity index (χ1n) is 10.9. The zero-order chi connectivity index (χ0) is 21.2. The lowest BCUT2D eigenvalue weighted by Gasteiger charge is -2.45. The molecule has 0 aromatic heterocycles. The van der Waals surface area contributed by atoms with Gasteiger partial charge in [0.25, 0.3) is 0 Å². The van der Waals surface area contributed by atoms with Gasteiger partial charge in [-0.1, -0.05) is 50.4 Å². The summed E-state index contributed by atoms with van der Waals surface area (Å²) < 4.78 is 0. The molecule has 4 nitrogen and oxygen atoms in total. The Labute approximate surface area is 180 Å². The molecule has 160 valence electrons. The fourth-order valence-electron chi connectivity index (χ4n) is 5.04. The van der Waals surface area contributed by atoms with E-state index in [2.05, 4.69) is 31.3 Å². The van der Waals surface area contributed by atoms with Gasteiger partial charge in [-0.05, 0) is 62.1 Å². The van der Waals surface area contributed by atoms with E-state index in [1.165, 1.54) is 5.56 Å². The summed E-state index contributed by atoms with van der Waals surface area (Å²) in [6.07, 6.45) is 5.50. The molecule has 1 saturated heterocycles. The summed E-state index contributed by atoms with van der Waals surface area (Å²) in [6, 6.07) is 8.10. The second-order valence-corrected chi connectivity index (χ2v) is 10.7. The maximum absolute atomic E-state index is 13.0. The van der Waals surface area contributed by atoms with Gasteiger partial charge >= 0.3 is 0 Å². The van der Waals surface area contributed by atoms with Crippen LogP contribution < -0.4 is 5.32 Å². The van der Waals surface area contributed by atoms with Crippen molar-refractivity contribution < 1.29 is 9.59 Å². The van der Waals surface area contributed by atoms with Gasteiger partial charge in [-0.3, -0.25) is 9.59 Å². The third-order valence-electron chi connectivity index (χ3n) is 6.64. The molecule has 2 amide bonds. The van der Waals surface area contributed by atoms with Gasteiger partial charge in [0.1, 0.15) is 0 Å². The third kappa shape index (κ3) is 5.53. The second-order valence-electron chi connectivity index (χ2n) is 10.2. The van der Waals surface area contributed by atoms with Crippen LogP contribution in [0.4, 0.5) is 0 Å². The van der Waals surface area contributed by atoms with Gasteiger partial charge in [0.05, 0.1) is 0 Å². The minimum atomic E-state index is -0.520. The zero-order valence-electron chi connectivity index (χ0n) is 18.3. The number of carbonyl (C=O) groups excluding carboxylic acids is 2. The number of nitrogens with zero attached hydrogens (tertiary/aromatic N) is 1. The van der Waals surface area contributed by atoms with Crippen molar-refractivity contribution in [2.24, 2.45) is 11.3 Å². The molecular formula is C24H35ClN2O2. The molecule has 1 aromatic rings. The van der Waals surface area contributed by atoms with Crippen molar-refractivity contribution in [2.75, 3.05) is 13.1 Å². The molecule has 1 saturated carbocycles. The SMILES string of the molecule is CC(C)(CC(=O)N1CCC(c2ccc(Cl)cc2)C(C)(C)C1)NC(=O)C1CCCC1. The summed E-state index contributed by atoms with van der Waals surface area (Å²) >= 11 is 6.04. The summed E-state index contributed by atoms with van der Waals surface area (Å²) in [6.45, 7) is 9.87. The highest BCUT2D eigenvalue weighted by atomic mass is 35.5. The number of amides is 2. The Balaban J connectivity index is 1.59.